The van der Waals surface area contributed by atoms with Crippen LogP contribution in [0.4, 0.5) is 0 Å². The zero-order valence-corrected chi connectivity index (χ0v) is 14.9. The van der Waals surface area contributed by atoms with Crippen molar-refractivity contribution in [2.24, 2.45) is 0 Å². The van der Waals surface area contributed by atoms with Crippen LogP contribution in [-0.2, 0) is 27.9 Å². The molecule has 0 bridgehead atoms. The summed E-state index contributed by atoms with van der Waals surface area (Å²) in [5, 5.41) is 3.83. The van der Waals surface area contributed by atoms with E-state index in [0.717, 1.165) is 19.3 Å². The van der Waals surface area contributed by atoms with Gasteiger partial charge in [0.1, 0.15) is 5.69 Å². The Kier molecular flexibility index (Phi) is 5.36. The van der Waals surface area contributed by atoms with Crippen molar-refractivity contribution in [1.29, 1.82) is 0 Å². The summed E-state index contributed by atoms with van der Waals surface area (Å²) >= 11 is 0. The Bertz CT molecular complexity index is 881. The molecule has 0 saturated carbocycles. The van der Waals surface area contributed by atoms with E-state index >= 15 is 0 Å². The van der Waals surface area contributed by atoms with Crippen molar-refractivity contribution in [3.63, 3.8) is 0 Å². The highest BCUT2D eigenvalue weighted by Gasteiger charge is 2.26. The second-order valence-corrected chi connectivity index (χ2v) is 7.95. The lowest BCUT2D eigenvalue weighted by Crippen LogP contribution is -2.36. The highest BCUT2D eigenvalue weighted by Crippen LogP contribution is 2.19. The molecule has 8 nitrogen and oxygen atoms in total. The normalized spacial score (nSPS) is 16.2. The molecule has 0 spiro atoms. The lowest BCUT2D eigenvalue weighted by Gasteiger charge is -2.26. The maximum Gasteiger partial charge on any atom is 0.251 e. The van der Waals surface area contributed by atoms with E-state index in [1.165, 1.54) is 27.2 Å². The molecule has 3 heterocycles. The van der Waals surface area contributed by atoms with E-state index in [1.807, 2.05) is 0 Å². The molecule has 1 aliphatic heterocycles. The zero-order valence-electron chi connectivity index (χ0n) is 14.1. The van der Waals surface area contributed by atoms with Crippen LogP contribution in [0.15, 0.2) is 38.6 Å². The molecule has 0 unspecified atom stereocenters. The number of hydrogen-bond donors (Lipinski definition) is 0. The topological polar surface area (TPSA) is 94.6 Å². The van der Waals surface area contributed by atoms with E-state index in [4.69, 9.17) is 9.26 Å². The van der Waals surface area contributed by atoms with E-state index in [0.29, 0.717) is 31.2 Å². The smallest absolute Gasteiger partial charge is 0.251 e. The van der Waals surface area contributed by atoms with Crippen LogP contribution in [0.1, 0.15) is 30.7 Å². The Balaban J connectivity index is 1.85. The number of nitrogens with zero attached hydrogens (tertiary/aromatic N) is 3. The number of rotatable bonds is 6. The fourth-order valence-corrected chi connectivity index (χ4v) is 4.39. The maximum atomic E-state index is 12.8. The van der Waals surface area contributed by atoms with E-state index in [2.05, 4.69) is 5.16 Å². The van der Waals surface area contributed by atoms with Crippen LogP contribution in [0.25, 0.3) is 0 Å². The monoisotopic (exact) mass is 367 g/mol. The molecular formula is C16H21N3O5S. The summed E-state index contributed by atoms with van der Waals surface area (Å²) in [5.74, 6) is 0.460. The lowest BCUT2D eigenvalue weighted by atomic mass is 10.2. The van der Waals surface area contributed by atoms with Crippen molar-refractivity contribution >= 4 is 10.0 Å². The Morgan fingerprint density at radius 2 is 2.00 bits per heavy atom. The predicted octanol–water partition coefficient (Wildman–Crippen LogP) is 1.21. The average Bonchev–Trinajstić information content (AvgIpc) is 3.05. The summed E-state index contributed by atoms with van der Waals surface area (Å²) in [5.41, 5.74) is 0.310. The second kappa shape index (κ2) is 7.51. The third-order valence-electron chi connectivity index (χ3n) is 4.14. The van der Waals surface area contributed by atoms with Crippen molar-refractivity contribution in [2.45, 2.75) is 37.3 Å². The number of methoxy groups -OCH3 is 1. The molecule has 3 rings (SSSR count). The van der Waals surface area contributed by atoms with Gasteiger partial charge in [-0.3, -0.25) is 4.79 Å². The Labute approximate surface area is 146 Å². The third-order valence-corrected chi connectivity index (χ3v) is 6.02. The van der Waals surface area contributed by atoms with Crippen LogP contribution in [-0.4, -0.2) is 42.6 Å². The van der Waals surface area contributed by atoms with Gasteiger partial charge in [-0.1, -0.05) is 11.6 Å². The first-order chi connectivity index (χ1) is 12.0. The Hall–Kier alpha value is -1.97. The minimum absolute atomic E-state index is 0.110. The summed E-state index contributed by atoms with van der Waals surface area (Å²) in [6, 6.07) is 4.31. The van der Waals surface area contributed by atoms with Gasteiger partial charge >= 0.3 is 0 Å². The number of piperidine rings is 1. The first-order valence-electron chi connectivity index (χ1n) is 8.15. The van der Waals surface area contributed by atoms with Gasteiger partial charge < -0.3 is 13.8 Å². The maximum absolute atomic E-state index is 12.8. The lowest BCUT2D eigenvalue weighted by molar-refractivity contribution is 0.177. The molecule has 136 valence electrons. The highest BCUT2D eigenvalue weighted by atomic mass is 32.2. The molecule has 1 fully saturated rings. The van der Waals surface area contributed by atoms with Gasteiger partial charge in [0.25, 0.3) is 5.56 Å². The fourth-order valence-electron chi connectivity index (χ4n) is 2.85. The third kappa shape index (κ3) is 4.00. The second-order valence-electron chi connectivity index (χ2n) is 6.01. The molecule has 0 radical (unpaired) electrons. The van der Waals surface area contributed by atoms with Gasteiger partial charge in [0.15, 0.2) is 5.76 Å². The van der Waals surface area contributed by atoms with Crippen LogP contribution in [0.5, 0.6) is 0 Å². The minimum Gasteiger partial charge on any atom is -0.378 e. The largest absolute Gasteiger partial charge is 0.378 e. The number of ether oxygens (including phenoxy) is 1. The van der Waals surface area contributed by atoms with Crippen molar-refractivity contribution in [3.05, 3.63) is 46.2 Å². The summed E-state index contributed by atoms with van der Waals surface area (Å²) in [7, 11) is -2.04. The number of sulfonamides is 1. The molecule has 0 aliphatic carbocycles. The molecule has 0 aromatic carbocycles. The zero-order chi connectivity index (χ0) is 17.9. The molecule has 2 aromatic heterocycles. The quantitative estimate of drug-likeness (QED) is 0.762. The van der Waals surface area contributed by atoms with Crippen molar-refractivity contribution in [2.75, 3.05) is 20.2 Å². The van der Waals surface area contributed by atoms with Crippen molar-refractivity contribution < 1.29 is 17.7 Å². The first-order valence-corrected chi connectivity index (χ1v) is 9.59. The van der Waals surface area contributed by atoms with Crippen molar-refractivity contribution in [3.8, 4) is 0 Å². The molecule has 9 heteroatoms. The Morgan fingerprint density at radius 3 is 2.72 bits per heavy atom. The summed E-state index contributed by atoms with van der Waals surface area (Å²) < 4.78 is 38.4. The number of pyridine rings is 1. The van der Waals surface area contributed by atoms with E-state index < -0.39 is 10.0 Å². The van der Waals surface area contributed by atoms with E-state index in [9.17, 15) is 13.2 Å². The van der Waals surface area contributed by atoms with Crippen LogP contribution in [0, 0.1) is 0 Å². The number of hydrogen-bond acceptors (Lipinski definition) is 6. The van der Waals surface area contributed by atoms with Gasteiger partial charge in [-0.15, -0.1) is 0 Å². The summed E-state index contributed by atoms with van der Waals surface area (Å²) in [4.78, 5) is 12.2. The molecule has 25 heavy (non-hydrogen) atoms. The van der Waals surface area contributed by atoms with Gasteiger partial charge in [0.2, 0.25) is 10.0 Å². The fraction of sp³-hybridized carbons (Fsp3) is 0.500. The minimum atomic E-state index is -3.59. The molecule has 2 aromatic rings. The van der Waals surface area contributed by atoms with Crippen molar-refractivity contribution in [1.82, 2.24) is 14.0 Å². The van der Waals surface area contributed by atoms with Crippen LogP contribution in [0.2, 0.25) is 0 Å². The molecule has 0 atom stereocenters. The SMILES string of the molecule is COCc1cc(Cn2cc(S(=O)(=O)N3CCCCC3)ccc2=O)on1. The Morgan fingerprint density at radius 1 is 1.24 bits per heavy atom. The van der Waals surface area contributed by atoms with Crippen LogP contribution in [0.3, 0.4) is 0 Å². The number of aromatic nitrogens is 2. The van der Waals surface area contributed by atoms with Gasteiger partial charge in [0.05, 0.1) is 18.0 Å². The van der Waals surface area contributed by atoms with E-state index in [1.54, 1.807) is 13.2 Å². The molecule has 0 N–H and O–H groups in total. The van der Waals surface area contributed by atoms with Gasteiger partial charge in [-0.05, 0) is 18.9 Å². The standard InChI is InChI=1S/C16H21N3O5S/c1-23-12-13-9-14(24-17-13)10-18-11-15(5-6-16(18)20)25(21,22)19-7-3-2-4-8-19/h5-6,9,11H,2-4,7-8,10,12H2,1H3. The molecule has 1 saturated heterocycles. The molecular weight excluding hydrogens is 346 g/mol. The van der Waals surface area contributed by atoms with Gasteiger partial charge in [-0.2, -0.15) is 4.31 Å². The molecule has 1 aliphatic rings. The highest BCUT2D eigenvalue weighted by molar-refractivity contribution is 7.89. The van der Waals surface area contributed by atoms with Crippen LogP contribution < -0.4 is 5.56 Å². The summed E-state index contributed by atoms with van der Waals surface area (Å²) in [6.07, 6.45) is 4.13. The predicted molar refractivity (Wildman–Crippen MR) is 89.6 cm³/mol. The first kappa shape index (κ1) is 17.8. The molecule has 0 amide bonds. The van der Waals surface area contributed by atoms with Gasteiger partial charge in [-0.25, -0.2) is 8.42 Å². The van der Waals surface area contributed by atoms with E-state index in [-0.39, 0.29) is 17.0 Å². The summed E-state index contributed by atoms with van der Waals surface area (Å²) in [6.45, 7) is 1.45. The van der Waals surface area contributed by atoms with Gasteiger partial charge in [0, 0.05) is 38.5 Å². The van der Waals surface area contributed by atoms with Crippen LogP contribution >= 0.6 is 0 Å². The average molecular weight is 367 g/mol.